The van der Waals surface area contributed by atoms with Gasteiger partial charge in [-0.05, 0) is 56.3 Å². The fraction of sp³-hybridized carbons (Fsp3) is 0.474. The summed E-state index contributed by atoms with van der Waals surface area (Å²) >= 11 is 3.40. The van der Waals surface area contributed by atoms with E-state index in [1.54, 1.807) is 23.5 Å². The normalized spacial score (nSPS) is 22.8. The summed E-state index contributed by atoms with van der Waals surface area (Å²) < 4.78 is 1.18. The van der Waals surface area contributed by atoms with Crippen LogP contribution in [0, 0.1) is 12.8 Å². The Kier molecular flexibility index (Phi) is 5.87. The van der Waals surface area contributed by atoms with Gasteiger partial charge < -0.3 is 5.11 Å². The molecule has 3 heteroatoms. The average molecular weight is 335 g/mol. The van der Waals surface area contributed by atoms with E-state index in [0.29, 0.717) is 18.3 Å². The van der Waals surface area contributed by atoms with E-state index >= 15 is 0 Å². The largest absolute Gasteiger partial charge is 0.385 e. The Morgan fingerprint density at radius 1 is 1.32 bits per heavy atom. The smallest absolute Gasteiger partial charge is 0.0917 e. The van der Waals surface area contributed by atoms with Crippen molar-refractivity contribution < 1.29 is 5.11 Å². The summed E-state index contributed by atoms with van der Waals surface area (Å²) in [6, 6.07) is 8.73. The second kappa shape index (κ2) is 7.29. The molecular weight excluding hydrogens is 308 g/mol. The molecule has 0 heterocycles. The van der Waals surface area contributed by atoms with Crippen molar-refractivity contribution >= 4 is 23.5 Å². The third-order valence-corrected chi connectivity index (χ3v) is 6.33. The van der Waals surface area contributed by atoms with Crippen LogP contribution in [0.2, 0.25) is 0 Å². The monoisotopic (exact) mass is 334 g/mol. The molecular formula is C19H26OS2. The fourth-order valence-corrected chi connectivity index (χ4v) is 4.42. The van der Waals surface area contributed by atoms with Crippen LogP contribution < -0.4 is 0 Å². The van der Waals surface area contributed by atoms with Gasteiger partial charge in [-0.1, -0.05) is 35.4 Å². The van der Waals surface area contributed by atoms with Gasteiger partial charge in [0.05, 0.1) is 5.60 Å². The standard InChI is InChI=1S/C19H26OS2/c1-13(2)11-19(20,12-18(21-4)22-5)17-10-16(17)15-8-6-14(3)7-9-15/h6-9,12,16-17,20H,1,10-11H2,2-5H3. The molecule has 1 fully saturated rings. The Labute approximate surface area is 143 Å². The number of rotatable bonds is 7. The molecule has 0 aromatic heterocycles. The number of hydrogen-bond acceptors (Lipinski definition) is 3. The summed E-state index contributed by atoms with van der Waals surface area (Å²) in [6.07, 6.45) is 7.89. The highest BCUT2D eigenvalue weighted by molar-refractivity contribution is 8.21. The van der Waals surface area contributed by atoms with Gasteiger partial charge in [0.1, 0.15) is 0 Å². The molecule has 1 aromatic carbocycles. The van der Waals surface area contributed by atoms with Gasteiger partial charge in [0.2, 0.25) is 0 Å². The number of aryl methyl sites for hydroxylation is 1. The quantitative estimate of drug-likeness (QED) is 0.678. The average Bonchev–Trinajstić information content (AvgIpc) is 3.26. The van der Waals surface area contributed by atoms with Gasteiger partial charge in [-0.3, -0.25) is 0 Å². The molecule has 3 unspecified atom stereocenters. The summed E-state index contributed by atoms with van der Waals surface area (Å²) in [5.41, 5.74) is 2.89. The summed E-state index contributed by atoms with van der Waals surface area (Å²) in [4.78, 5) is 0. The van der Waals surface area contributed by atoms with Crippen molar-refractivity contribution in [2.45, 2.75) is 38.2 Å². The molecule has 0 aliphatic heterocycles. The SMILES string of the molecule is C=C(C)CC(O)(C=C(SC)SC)C1CC1c1ccc(C)cc1. The molecule has 0 spiro atoms. The lowest BCUT2D eigenvalue weighted by Crippen LogP contribution is -2.30. The van der Waals surface area contributed by atoms with Crippen molar-refractivity contribution in [3.63, 3.8) is 0 Å². The highest BCUT2D eigenvalue weighted by Crippen LogP contribution is 2.56. The molecule has 0 bridgehead atoms. The highest BCUT2D eigenvalue weighted by Gasteiger charge is 2.51. The van der Waals surface area contributed by atoms with E-state index in [1.807, 2.05) is 6.92 Å². The molecule has 0 radical (unpaired) electrons. The van der Waals surface area contributed by atoms with Crippen LogP contribution in [0.4, 0.5) is 0 Å². The molecule has 1 aliphatic rings. The number of thioether (sulfide) groups is 2. The Balaban J connectivity index is 2.22. The fourth-order valence-electron chi connectivity index (χ4n) is 3.11. The van der Waals surface area contributed by atoms with Crippen molar-refractivity contribution in [2.24, 2.45) is 5.92 Å². The van der Waals surface area contributed by atoms with E-state index < -0.39 is 5.60 Å². The van der Waals surface area contributed by atoms with Gasteiger partial charge in [0.15, 0.2) is 0 Å². The van der Waals surface area contributed by atoms with Crippen LogP contribution in [0.15, 0.2) is 46.7 Å². The first-order chi connectivity index (χ1) is 10.4. The molecule has 22 heavy (non-hydrogen) atoms. The molecule has 120 valence electrons. The maximum Gasteiger partial charge on any atom is 0.0917 e. The molecule has 1 aromatic rings. The van der Waals surface area contributed by atoms with Crippen molar-refractivity contribution in [1.29, 1.82) is 0 Å². The first-order valence-corrected chi connectivity index (χ1v) is 10.1. The molecule has 1 N–H and O–H groups in total. The summed E-state index contributed by atoms with van der Waals surface area (Å²) in [6.45, 7) is 8.12. The van der Waals surface area contributed by atoms with Gasteiger partial charge in [-0.2, -0.15) is 0 Å². The van der Waals surface area contributed by atoms with E-state index in [-0.39, 0.29) is 0 Å². The molecule has 1 saturated carbocycles. The van der Waals surface area contributed by atoms with Gasteiger partial charge in [-0.15, -0.1) is 30.1 Å². The van der Waals surface area contributed by atoms with Crippen LogP contribution in [0.5, 0.6) is 0 Å². The van der Waals surface area contributed by atoms with Crippen LogP contribution >= 0.6 is 23.5 Å². The summed E-state index contributed by atoms with van der Waals surface area (Å²) in [5, 5.41) is 11.3. The second-order valence-electron chi connectivity index (χ2n) is 6.36. The van der Waals surface area contributed by atoms with E-state index in [9.17, 15) is 5.11 Å². The Bertz CT molecular complexity index is 555. The van der Waals surface area contributed by atoms with E-state index in [4.69, 9.17) is 0 Å². The van der Waals surface area contributed by atoms with E-state index in [1.165, 1.54) is 15.4 Å². The van der Waals surface area contributed by atoms with Gasteiger partial charge in [-0.25, -0.2) is 0 Å². The summed E-state index contributed by atoms with van der Waals surface area (Å²) in [5.74, 6) is 0.757. The zero-order chi connectivity index (χ0) is 16.3. The molecule has 2 rings (SSSR count). The van der Waals surface area contributed by atoms with Crippen LogP contribution in [-0.2, 0) is 0 Å². The van der Waals surface area contributed by atoms with Crippen LogP contribution in [0.3, 0.4) is 0 Å². The Morgan fingerprint density at radius 2 is 1.91 bits per heavy atom. The van der Waals surface area contributed by atoms with Gasteiger partial charge in [0, 0.05) is 10.7 Å². The van der Waals surface area contributed by atoms with E-state index in [0.717, 1.165) is 12.0 Å². The third-order valence-electron chi connectivity index (χ3n) is 4.29. The number of benzene rings is 1. The topological polar surface area (TPSA) is 20.2 Å². The van der Waals surface area contributed by atoms with Crippen LogP contribution in [0.25, 0.3) is 0 Å². The zero-order valence-electron chi connectivity index (χ0n) is 13.9. The first kappa shape index (κ1) is 17.7. The maximum absolute atomic E-state index is 11.3. The molecule has 1 nitrogen and oxygen atoms in total. The minimum Gasteiger partial charge on any atom is -0.385 e. The second-order valence-corrected chi connectivity index (χ2v) is 8.31. The molecule has 3 atom stereocenters. The molecule has 0 saturated heterocycles. The lowest BCUT2D eigenvalue weighted by atomic mass is 9.88. The first-order valence-electron chi connectivity index (χ1n) is 7.63. The Hall–Kier alpha value is -0.640. The van der Waals surface area contributed by atoms with Crippen molar-refractivity contribution in [3.8, 4) is 0 Å². The predicted octanol–water partition coefficient (Wildman–Crippen LogP) is 5.36. The minimum absolute atomic E-state index is 0.293. The van der Waals surface area contributed by atoms with Crippen LogP contribution in [-0.4, -0.2) is 23.2 Å². The predicted molar refractivity (Wildman–Crippen MR) is 102 cm³/mol. The lowest BCUT2D eigenvalue weighted by Gasteiger charge is -2.27. The summed E-state index contributed by atoms with van der Waals surface area (Å²) in [7, 11) is 0. The van der Waals surface area contributed by atoms with Crippen molar-refractivity contribution in [2.75, 3.05) is 12.5 Å². The van der Waals surface area contributed by atoms with E-state index in [2.05, 4.69) is 56.4 Å². The van der Waals surface area contributed by atoms with Crippen LogP contribution in [0.1, 0.15) is 36.8 Å². The zero-order valence-corrected chi connectivity index (χ0v) is 15.6. The number of aliphatic hydroxyl groups is 1. The van der Waals surface area contributed by atoms with Crippen molar-refractivity contribution in [3.05, 3.63) is 57.9 Å². The Morgan fingerprint density at radius 3 is 2.41 bits per heavy atom. The molecule has 1 aliphatic carbocycles. The lowest BCUT2D eigenvalue weighted by molar-refractivity contribution is 0.0658. The minimum atomic E-state index is -0.775. The van der Waals surface area contributed by atoms with Gasteiger partial charge >= 0.3 is 0 Å². The molecule has 0 amide bonds. The highest BCUT2D eigenvalue weighted by atomic mass is 32.2. The van der Waals surface area contributed by atoms with Crippen molar-refractivity contribution in [1.82, 2.24) is 0 Å². The number of hydrogen-bond donors (Lipinski definition) is 1. The van der Waals surface area contributed by atoms with Gasteiger partial charge in [0.25, 0.3) is 0 Å². The third kappa shape index (κ3) is 4.21. The maximum atomic E-state index is 11.3.